The minimum absolute atomic E-state index is 0.0142. The molecule has 9 heteroatoms. The van der Waals surface area contributed by atoms with E-state index in [1.165, 1.54) is 0 Å². The molecule has 3 N–H and O–H groups in total. The van der Waals surface area contributed by atoms with Crippen LogP contribution in [0.5, 0.6) is 0 Å². The number of piperidine rings is 1. The number of amides is 1. The highest BCUT2D eigenvalue weighted by atomic mass is 35.5. The van der Waals surface area contributed by atoms with Crippen LogP contribution >= 0.6 is 24.2 Å². The Kier molecular flexibility index (Phi) is 15.9. The van der Waals surface area contributed by atoms with E-state index in [4.69, 9.17) is 16.6 Å². The molecule has 2 aliphatic heterocycles. The molecule has 2 aliphatic rings. The van der Waals surface area contributed by atoms with E-state index in [0.29, 0.717) is 42.4 Å². The van der Waals surface area contributed by atoms with E-state index < -0.39 is 6.23 Å². The van der Waals surface area contributed by atoms with Gasteiger partial charge in [-0.05, 0) is 68.7 Å². The van der Waals surface area contributed by atoms with Crippen molar-refractivity contribution in [1.29, 1.82) is 0 Å². The molecule has 3 rings (SSSR count). The standard InChI is InChI=1S/C25H35ClN4O3.C8H12S/c1-4-6-8-18-14-30(25(33)17-11-12-27-21(31)13-17)15-20-22(18)28-23(29-24(20)32)16(3)9-10-19(26)7-5-2;1-3-5-6-7-8(9)4-2/h5,7,9-10,17-18,21,27,31H,4,6,8,11-15H2,1-3H3,(H,28,29,32);3,5-7,9H,1,4H2,2H3/b7-5-,16-9+,19-10+;6-5-,8-7+/t17?,18?,21-;/m0./s1. The number of halogens is 1. The van der Waals surface area contributed by atoms with Gasteiger partial charge in [0.1, 0.15) is 12.1 Å². The molecule has 3 heterocycles. The molecule has 0 spiro atoms. The number of aromatic nitrogens is 2. The minimum atomic E-state index is -0.654. The van der Waals surface area contributed by atoms with Crippen molar-refractivity contribution in [2.24, 2.45) is 5.92 Å². The molecule has 3 atom stereocenters. The van der Waals surface area contributed by atoms with Crippen molar-refractivity contribution < 1.29 is 9.90 Å². The van der Waals surface area contributed by atoms with E-state index in [9.17, 15) is 14.7 Å². The largest absolute Gasteiger partial charge is 0.379 e. The first-order chi connectivity index (χ1) is 20.1. The Bertz CT molecular complexity index is 1260. The van der Waals surface area contributed by atoms with Gasteiger partial charge in [0.25, 0.3) is 5.56 Å². The van der Waals surface area contributed by atoms with Gasteiger partial charge in [-0.15, -0.1) is 12.6 Å². The normalized spacial score (nSPS) is 21.7. The molecule has 0 aromatic carbocycles. The lowest BCUT2D eigenvalue weighted by Gasteiger charge is -2.37. The maximum Gasteiger partial charge on any atom is 0.256 e. The molecule has 1 aromatic rings. The number of thiol groups is 1. The lowest BCUT2D eigenvalue weighted by molar-refractivity contribution is -0.139. The number of allylic oxidation sites excluding steroid dienone is 11. The van der Waals surface area contributed by atoms with Crippen LogP contribution in [0.2, 0.25) is 0 Å². The summed E-state index contributed by atoms with van der Waals surface area (Å²) in [6, 6.07) is 0. The van der Waals surface area contributed by atoms with Gasteiger partial charge in [0.15, 0.2) is 0 Å². The first-order valence-corrected chi connectivity index (χ1v) is 15.6. The van der Waals surface area contributed by atoms with Crippen molar-refractivity contribution in [1.82, 2.24) is 20.2 Å². The number of unbranched alkanes of at least 4 members (excludes halogenated alkanes) is 1. The fourth-order valence-electron chi connectivity index (χ4n) is 4.89. The summed E-state index contributed by atoms with van der Waals surface area (Å²) in [6.45, 7) is 13.0. The van der Waals surface area contributed by atoms with Crippen LogP contribution in [0.15, 0.2) is 69.9 Å². The predicted molar refractivity (Wildman–Crippen MR) is 178 cm³/mol. The summed E-state index contributed by atoms with van der Waals surface area (Å²) >= 11 is 10.3. The summed E-state index contributed by atoms with van der Waals surface area (Å²) in [4.78, 5) is 37.0. The summed E-state index contributed by atoms with van der Waals surface area (Å²) in [5.41, 5.74) is 1.99. The van der Waals surface area contributed by atoms with E-state index in [2.05, 4.69) is 43.4 Å². The quantitative estimate of drug-likeness (QED) is 0.172. The molecule has 0 saturated carbocycles. The number of hydrogen-bond acceptors (Lipinski definition) is 6. The van der Waals surface area contributed by atoms with Crippen LogP contribution in [-0.2, 0) is 11.3 Å². The third-order valence-corrected chi connectivity index (χ3v) is 7.98. The number of carbonyl (C=O) groups is 1. The molecule has 1 saturated heterocycles. The Balaban J connectivity index is 0.000000592. The number of fused-ring (bicyclic) bond motifs is 1. The van der Waals surface area contributed by atoms with Gasteiger partial charge in [0.05, 0.1) is 17.8 Å². The summed E-state index contributed by atoms with van der Waals surface area (Å²) in [5.74, 6) is 0.342. The lowest BCUT2D eigenvalue weighted by atomic mass is 9.88. The minimum Gasteiger partial charge on any atom is -0.379 e. The monoisotopic (exact) mass is 614 g/mol. The van der Waals surface area contributed by atoms with E-state index in [0.717, 1.165) is 41.9 Å². The van der Waals surface area contributed by atoms with Crippen molar-refractivity contribution in [3.8, 4) is 0 Å². The summed E-state index contributed by atoms with van der Waals surface area (Å²) in [7, 11) is 0. The number of nitrogens with one attached hydrogen (secondary N) is 2. The van der Waals surface area contributed by atoms with Crippen LogP contribution in [0.1, 0.15) is 89.2 Å². The lowest BCUT2D eigenvalue weighted by Crippen LogP contribution is -2.48. The van der Waals surface area contributed by atoms with Gasteiger partial charge < -0.3 is 15.0 Å². The third kappa shape index (κ3) is 11.2. The molecule has 230 valence electrons. The first kappa shape index (κ1) is 35.5. The zero-order valence-corrected chi connectivity index (χ0v) is 27.1. The maximum atomic E-state index is 13.2. The number of aromatic amines is 1. The van der Waals surface area contributed by atoms with Crippen molar-refractivity contribution in [2.45, 2.75) is 84.9 Å². The Morgan fingerprint density at radius 2 is 2.02 bits per heavy atom. The topological polar surface area (TPSA) is 98.3 Å². The molecule has 1 fully saturated rings. The van der Waals surface area contributed by atoms with E-state index in [-0.39, 0.29) is 29.8 Å². The zero-order valence-electron chi connectivity index (χ0n) is 25.4. The van der Waals surface area contributed by atoms with Gasteiger partial charge in [-0.3, -0.25) is 14.9 Å². The zero-order chi connectivity index (χ0) is 31.1. The molecule has 1 amide bonds. The van der Waals surface area contributed by atoms with Gasteiger partial charge in [-0.25, -0.2) is 4.98 Å². The highest BCUT2D eigenvalue weighted by Gasteiger charge is 2.35. The molecule has 2 unspecified atom stereocenters. The van der Waals surface area contributed by atoms with Crippen LogP contribution in [0.3, 0.4) is 0 Å². The molecule has 42 heavy (non-hydrogen) atoms. The van der Waals surface area contributed by atoms with Gasteiger partial charge >= 0.3 is 0 Å². The van der Waals surface area contributed by atoms with Gasteiger partial charge in [-0.1, -0.05) is 81.3 Å². The van der Waals surface area contributed by atoms with Crippen molar-refractivity contribution >= 4 is 35.7 Å². The van der Waals surface area contributed by atoms with Crippen LogP contribution in [-0.4, -0.2) is 45.2 Å². The van der Waals surface area contributed by atoms with Crippen molar-refractivity contribution in [2.75, 3.05) is 13.1 Å². The van der Waals surface area contributed by atoms with Crippen LogP contribution in [0, 0.1) is 5.92 Å². The fourth-order valence-corrected chi connectivity index (χ4v) is 5.16. The number of rotatable bonds is 10. The highest BCUT2D eigenvalue weighted by Crippen LogP contribution is 2.31. The number of hydrogen-bond donors (Lipinski definition) is 4. The molecule has 0 bridgehead atoms. The number of aliphatic hydroxyl groups excluding tert-OH is 1. The van der Waals surface area contributed by atoms with E-state index >= 15 is 0 Å². The molecular weight excluding hydrogens is 568 g/mol. The van der Waals surface area contributed by atoms with Gasteiger partial charge in [0.2, 0.25) is 5.91 Å². The number of aliphatic hydroxyl groups is 1. The van der Waals surface area contributed by atoms with E-state index in [1.807, 2.05) is 44.2 Å². The molecule has 7 nitrogen and oxygen atoms in total. The molecule has 0 aliphatic carbocycles. The summed E-state index contributed by atoms with van der Waals surface area (Å²) < 4.78 is 0. The van der Waals surface area contributed by atoms with E-state index in [1.54, 1.807) is 23.1 Å². The Morgan fingerprint density at radius 1 is 1.26 bits per heavy atom. The second kappa shape index (κ2) is 18.8. The Hall–Kier alpha value is -2.65. The van der Waals surface area contributed by atoms with Gasteiger partial charge in [-0.2, -0.15) is 0 Å². The number of H-pyrrole nitrogens is 1. The highest BCUT2D eigenvalue weighted by molar-refractivity contribution is 7.84. The second-order valence-electron chi connectivity index (χ2n) is 10.6. The molecular formula is C33H47ClN4O3S. The number of nitrogens with zero attached hydrogens (tertiary/aromatic N) is 2. The Morgan fingerprint density at radius 3 is 2.67 bits per heavy atom. The van der Waals surface area contributed by atoms with Crippen LogP contribution in [0.25, 0.3) is 5.57 Å². The number of carbonyl (C=O) groups excluding carboxylic acids is 1. The third-order valence-electron chi connectivity index (χ3n) is 7.26. The average Bonchev–Trinajstić information content (AvgIpc) is 2.98. The smallest absolute Gasteiger partial charge is 0.256 e. The second-order valence-corrected chi connectivity index (χ2v) is 11.6. The molecule has 1 aromatic heterocycles. The average molecular weight is 615 g/mol. The van der Waals surface area contributed by atoms with Crippen molar-refractivity contribution in [3.05, 3.63) is 92.6 Å². The fraction of sp³-hybridized carbons (Fsp3) is 0.485. The SMILES string of the molecule is C=C/C=C\C=C(\S)CC.C\C=C/C(Cl)=C\C=C(/C)c1nc2c(c(=O)[nH]1)CN(C(=O)C1CCN[C@@H](O)C1)CC2CCCC. The predicted octanol–water partition coefficient (Wildman–Crippen LogP) is 6.76. The van der Waals surface area contributed by atoms with Crippen molar-refractivity contribution in [3.63, 3.8) is 0 Å². The summed E-state index contributed by atoms with van der Waals surface area (Å²) in [6.07, 6.45) is 19.1. The van der Waals surface area contributed by atoms with Crippen LogP contribution in [0.4, 0.5) is 0 Å². The summed E-state index contributed by atoms with van der Waals surface area (Å²) in [5, 5.41) is 13.5. The molecule has 0 radical (unpaired) electrons. The first-order valence-electron chi connectivity index (χ1n) is 14.8. The van der Waals surface area contributed by atoms with Gasteiger partial charge in [0, 0.05) is 23.4 Å². The maximum absolute atomic E-state index is 13.2. The Labute approximate surface area is 261 Å². The van der Waals surface area contributed by atoms with Crippen LogP contribution < -0.4 is 10.9 Å².